The van der Waals surface area contributed by atoms with Crippen molar-refractivity contribution in [3.63, 3.8) is 0 Å². The molecule has 1 fully saturated rings. The van der Waals surface area contributed by atoms with Gasteiger partial charge >= 0.3 is 0 Å². The summed E-state index contributed by atoms with van der Waals surface area (Å²) >= 11 is 0. The summed E-state index contributed by atoms with van der Waals surface area (Å²) in [5.41, 5.74) is 5.13. The molecule has 1 N–H and O–H groups in total. The van der Waals surface area contributed by atoms with Gasteiger partial charge in [-0.15, -0.1) is 0 Å². The molecule has 2 aromatic carbocycles. The molecule has 1 saturated heterocycles. The summed E-state index contributed by atoms with van der Waals surface area (Å²) in [4.78, 5) is 4.75. The Morgan fingerprint density at radius 1 is 1.13 bits per heavy atom. The van der Waals surface area contributed by atoms with Crippen LogP contribution in [0.1, 0.15) is 29.7 Å². The SMILES string of the molecule is Cc1cccc(N2CCN(CC(O)c3ccc4c(c3)CCN4S(C)(=O)=O)CC2C)c1. The van der Waals surface area contributed by atoms with E-state index >= 15 is 0 Å². The molecule has 0 saturated carbocycles. The van der Waals surface area contributed by atoms with Crippen LogP contribution in [0.4, 0.5) is 11.4 Å². The Balaban J connectivity index is 1.40. The van der Waals surface area contributed by atoms with Crippen molar-refractivity contribution in [3.05, 3.63) is 59.2 Å². The average molecular weight is 430 g/mol. The van der Waals surface area contributed by atoms with Gasteiger partial charge in [0.25, 0.3) is 0 Å². The van der Waals surface area contributed by atoms with Crippen molar-refractivity contribution in [2.75, 3.05) is 48.2 Å². The number of sulfonamides is 1. The van der Waals surface area contributed by atoms with E-state index in [4.69, 9.17) is 0 Å². The third kappa shape index (κ3) is 4.33. The van der Waals surface area contributed by atoms with Gasteiger partial charge in [-0.05, 0) is 55.2 Å². The van der Waals surface area contributed by atoms with E-state index in [2.05, 4.69) is 47.9 Å². The fourth-order valence-electron chi connectivity index (χ4n) is 4.68. The van der Waals surface area contributed by atoms with Crippen LogP contribution in [0.25, 0.3) is 0 Å². The summed E-state index contributed by atoms with van der Waals surface area (Å²) in [6, 6.07) is 14.6. The molecule has 0 amide bonds. The molecule has 30 heavy (non-hydrogen) atoms. The van der Waals surface area contributed by atoms with E-state index in [9.17, 15) is 13.5 Å². The molecule has 0 aromatic heterocycles. The fraction of sp³-hybridized carbons (Fsp3) is 0.478. The number of aryl methyl sites for hydroxylation is 1. The summed E-state index contributed by atoms with van der Waals surface area (Å²) in [7, 11) is -3.25. The number of piperazine rings is 1. The number of fused-ring (bicyclic) bond motifs is 1. The summed E-state index contributed by atoms with van der Waals surface area (Å²) < 4.78 is 25.3. The van der Waals surface area contributed by atoms with Crippen molar-refractivity contribution < 1.29 is 13.5 Å². The van der Waals surface area contributed by atoms with Crippen LogP contribution in [-0.4, -0.2) is 63.4 Å². The smallest absolute Gasteiger partial charge is 0.232 e. The van der Waals surface area contributed by atoms with Crippen molar-refractivity contribution in [1.82, 2.24) is 4.90 Å². The molecule has 2 heterocycles. The zero-order chi connectivity index (χ0) is 21.5. The number of β-amino-alcohol motifs (C(OH)–C–C–N with tert-alkyl or cyclic N) is 1. The average Bonchev–Trinajstić information content (AvgIpc) is 3.11. The molecule has 7 heteroatoms. The monoisotopic (exact) mass is 429 g/mol. The lowest BCUT2D eigenvalue weighted by Gasteiger charge is -2.42. The van der Waals surface area contributed by atoms with Crippen LogP contribution in [0.15, 0.2) is 42.5 Å². The van der Waals surface area contributed by atoms with Gasteiger partial charge in [0.05, 0.1) is 18.0 Å². The summed E-state index contributed by atoms with van der Waals surface area (Å²) in [5.74, 6) is 0. The zero-order valence-electron chi connectivity index (χ0n) is 18.0. The molecule has 0 aliphatic carbocycles. The summed E-state index contributed by atoms with van der Waals surface area (Å²) in [5, 5.41) is 10.8. The molecule has 2 aliphatic rings. The number of aliphatic hydroxyl groups excluding tert-OH is 1. The van der Waals surface area contributed by atoms with Gasteiger partial charge < -0.3 is 10.0 Å². The second kappa shape index (κ2) is 8.21. The molecule has 4 rings (SSSR count). The van der Waals surface area contributed by atoms with Gasteiger partial charge in [-0.3, -0.25) is 9.21 Å². The van der Waals surface area contributed by atoms with Crippen LogP contribution in [0.2, 0.25) is 0 Å². The van der Waals surface area contributed by atoms with Crippen LogP contribution in [0.3, 0.4) is 0 Å². The number of aliphatic hydroxyl groups is 1. The Bertz CT molecular complexity index is 1020. The van der Waals surface area contributed by atoms with Gasteiger partial charge in [-0.25, -0.2) is 8.42 Å². The highest BCUT2D eigenvalue weighted by molar-refractivity contribution is 7.92. The first-order valence-electron chi connectivity index (χ1n) is 10.6. The van der Waals surface area contributed by atoms with Crippen LogP contribution >= 0.6 is 0 Å². The number of anilines is 2. The van der Waals surface area contributed by atoms with Gasteiger partial charge in [0.15, 0.2) is 0 Å². The highest BCUT2D eigenvalue weighted by Crippen LogP contribution is 2.32. The van der Waals surface area contributed by atoms with E-state index in [1.165, 1.54) is 21.8 Å². The molecular weight excluding hydrogens is 398 g/mol. The van der Waals surface area contributed by atoms with E-state index in [0.717, 1.165) is 36.4 Å². The van der Waals surface area contributed by atoms with Gasteiger partial charge in [-0.2, -0.15) is 0 Å². The van der Waals surface area contributed by atoms with E-state index in [-0.39, 0.29) is 0 Å². The predicted molar refractivity (Wildman–Crippen MR) is 122 cm³/mol. The van der Waals surface area contributed by atoms with Crippen molar-refractivity contribution in [3.8, 4) is 0 Å². The van der Waals surface area contributed by atoms with Crippen molar-refractivity contribution >= 4 is 21.4 Å². The standard InChI is InChI=1S/C23H31N3O3S/c1-17-5-4-6-21(13-17)25-12-11-24(15-18(25)2)16-23(27)20-7-8-22-19(14-20)9-10-26(22)30(3,28)29/h4-8,13-14,18,23,27H,9-12,15-16H2,1-3H3. The molecule has 2 aliphatic heterocycles. The first-order valence-corrected chi connectivity index (χ1v) is 12.4. The quantitative estimate of drug-likeness (QED) is 0.792. The molecule has 0 bridgehead atoms. The number of nitrogens with zero attached hydrogens (tertiary/aromatic N) is 3. The van der Waals surface area contributed by atoms with Gasteiger partial charge in [0.1, 0.15) is 0 Å². The maximum Gasteiger partial charge on any atom is 0.232 e. The Morgan fingerprint density at radius 2 is 1.93 bits per heavy atom. The Labute approximate surface area is 179 Å². The number of rotatable bonds is 5. The minimum atomic E-state index is -3.25. The second-order valence-corrected chi connectivity index (χ2v) is 10.5. The predicted octanol–water partition coefficient (Wildman–Crippen LogP) is 2.56. The Hall–Kier alpha value is -2.09. The van der Waals surface area contributed by atoms with Crippen molar-refractivity contribution in [1.29, 1.82) is 0 Å². The molecule has 0 spiro atoms. The molecule has 6 nitrogen and oxygen atoms in total. The van der Waals surface area contributed by atoms with Gasteiger partial charge in [0, 0.05) is 44.5 Å². The lowest BCUT2D eigenvalue weighted by Crippen LogP contribution is -2.52. The zero-order valence-corrected chi connectivity index (χ0v) is 18.8. The van der Waals surface area contributed by atoms with E-state index < -0.39 is 16.1 Å². The van der Waals surface area contributed by atoms with Crippen LogP contribution in [-0.2, 0) is 16.4 Å². The van der Waals surface area contributed by atoms with Crippen molar-refractivity contribution in [2.24, 2.45) is 0 Å². The highest BCUT2D eigenvalue weighted by atomic mass is 32.2. The normalized spacial score (nSPS) is 21.0. The van der Waals surface area contributed by atoms with Crippen molar-refractivity contribution in [2.45, 2.75) is 32.4 Å². The topological polar surface area (TPSA) is 64.1 Å². The van der Waals surface area contributed by atoms with E-state index in [1.807, 2.05) is 18.2 Å². The van der Waals surface area contributed by atoms with Crippen LogP contribution in [0.5, 0.6) is 0 Å². The molecular formula is C23H31N3O3S. The summed E-state index contributed by atoms with van der Waals surface area (Å²) in [6.07, 6.45) is 1.35. The maximum atomic E-state index is 11.9. The summed E-state index contributed by atoms with van der Waals surface area (Å²) in [6.45, 7) is 8.15. The largest absolute Gasteiger partial charge is 0.387 e. The molecule has 162 valence electrons. The van der Waals surface area contributed by atoms with E-state index in [0.29, 0.717) is 25.6 Å². The first kappa shape index (κ1) is 21.2. The van der Waals surface area contributed by atoms with Gasteiger partial charge in [0.2, 0.25) is 10.0 Å². The number of hydrogen-bond donors (Lipinski definition) is 1. The van der Waals surface area contributed by atoms with Crippen LogP contribution < -0.4 is 9.21 Å². The second-order valence-electron chi connectivity index (χ2n) is 8.63. The minimum absolute atomic E-state index is 0.371. The fourth-order valence-corrected chi connectivity index (χ4v) is 5.64. The number of benzene rings is 2. The Morgan fingerprint density at radius 3 is 2.63 bits per heavy atom. The minimum Gasteiger partial charge on any atom is -0.387 e. The van der Waals surface area contributed by atoms with Crippen LogP contribution in [0, 0.1) is 6.92 Å². The molecule has 2 atom stereocenters. The number of hydrogen-bond acceptors (Lipinski definition) is 5. The van der Waals surface area contributed by atoms with Gasteiger partial charge in [-0.1, -0.05) is 24.3 Å². The van der Waals surface area contributed by atoms with E-state index in [1.54, 1.807) is 0 Å². The third-order valence-corrected chi connectivity index (χ3v) is 7.40. The first-order chi connectivity index (χ1) is 14.2. The molecule has 2 aromatic rings. The lowest BCUT2D eigenvalue weighted by atomic mass is 10.0. The maximum absolute atomic E-state index is 11.9. The highest BCUT2D eigenvalue weighted by Gasteiger charge is 2.28. The molecule has 0 radical (unpaired) electrons. The third-order valence-electron chi connectivity index (χ3n) is 6.22. The Kier molecular flexibility index (Phi) is 5.79. The lowest BCUT2D eigenvalue weighted by molar-refractivity contribution is 0.102. The molecule has 2 unspecified atom stereocenters.